The Labute approximate surface area is 107 Å². The van der Waals surface area contributed by atoms with Gasteiger partial charge < -0.3 is 9.84 Å². The van der Waals surface area contributed by atoms with E-state index in [1.165, 1.54) is 5.56 Å². The Morgan fingerprint density at radius 2 is 2.06 bits per heavy atom. The van der Waals surface area contributed by atoms with Crippen molar-refractivity contribution in [2.75, 3.05) is 6.61 Å². The Bertz CT molecular complexity index is 473. The van der Waals surface area contributed by atoms with Crippen LogP contribution in [0.3, 0.4) is 0 Å². The van der Waals surface area contributed by atoms with Crippen LogP contribution in [-0.4, -0.2) is 17.7 Å². The first-order valence-corrected chi connectivity index (χ1v) is 6.66. The molecule has 0 saturated heterocycles. The number of benzene rings is 1. The Kier molecular flexibility index (Phi) is 2.86. The number of carbonyl (C=O) groups is 1. The summed E-state index contributed by atoms with van der Waals surface area (Å²) >= 11 is 0. The fraction of sp³-hybridized carbons (Fsp3) is 0.533. The van der Waals surface area contributed by atoms with Crippen LogP contribution in [0.25, 0.3) is 0 Å². The molecule has 1 N–H and O–H groups in total. The first kappa shape index (κ1) is 11.7. The van der Waals surface area contributed by atoms with Gasteiger partial charge in [-0.05, 0) is 36.0 Å². The summed E-state index contributed by atoms with van der Waals surface area (Å²) in [7, 11) is 0. The minimum atomic E-state index is -0.668. The van der Waals surface area contributed by atoms with Gasteiger partial charge in [0.25, 0.3) is 0 Å². The van der Waals surface area contributed by atoms with E-state index in [0.717, 1.165) is 49.8 Å². The first-order chi connectivity index (χ1) is 8.74. The van der Waals surface area contributed by atoms with E-state index in [9.17, 15) is 9.90 Å². The van der Waals surface area contributed by atoms with Crippen LogP contribution < -0.4 is 0 Å². The number of hydrogen-bond acceptors (Lipinski definition) is 2. The van der Waals surface area contributed by atoms with Crippen molar-refractivity contribution in [3.05, 3.63) is 34.9 Å². The lowest BCUT2D eigenvalue weighted by Gasteiger charge is -2.30. The van der Waals surface area contributed by atoms with Crippen molar-refractivity contribution in [3.8, 4) is 0 Å². The fourth-order valence-electron chi connectivity index (χ4n) is 3.42. The average molecular weight is 246 g/mol. The maximum atomic E-state index is 11.8. The van der Waals surface area contributed by atoms with Gasteiger partial charge in [0.05, 0.1) is 18.6 Å². The van der Waals surface area contributed by atoms with Crippen LogP contribution in [-0.2, 0) is 28.0 Å². The third-order valence-corrected chi connectivity index (χ3v) is 4.42. The molecule has 3 nitrogen and oxygen atoms in total. The number of rotatable bonds is 2. The lowest BCUT2D eigenvalue weighted by molar-refractivity contribution is -0.143. The minimum Gasteiger partial charge on any atom is -0.481 e. The summed E-state index contributed by atoms with van der Waals surface area (Å²) in [6.45, 7) is 1.32. The van der Waals surface area contributed by atoms with Gasteiger partial charge in [0.1, 0.15) is 0 Å². The molecule has 0 aromatic heterocycles. The smallest absolute Gasteiger partial charge is 0.314 e. The molecule has 1 heterocycles. The average Bonchev–Trinajstić information content (AvgIpc) is 2.88. The highest BCUT2D eigenvalue weighted by molar-refractivity contribution is 5.82. The van der Waals surface area contributed by atoms with Crippen LogP contribution in [0.1, 0.15) is 42.4 Å². The number of carboxylic acid groups (broad SMARTS) is 1. The quantitative estimate of drug-likeness (QED) is 0.872. The standard InChI is InChI=1S/C15H18O3/c16-14(17)15(7-1-2-8-15)13-5-3-4-11-6-9-18-10-12(11)13/h3-5H,1-2,6-10H2,(H,16,17). The van der Waals surface area contributed by atoms with E-state index >= 15 is 0 Å². The number of aliphatic carboxylic acids is 1. The molecule has 3 rings (SSSR count). The summed E-state index contributed by atoms with van der Waals surface area (Å²) in [4.78, 5) is 11.8. The van der Waals surface area contributed by atoms with E-state index in [-0.39, 0.29) is 0 Å². The van der Waals surface area contributed by atoms with Gasteiger partial charge in [-0.25, -0.2) is 0 Å². The largest absolute Gasteiger partial charge is 0.481 e. The van der Waals surface area contributed by atoms with E-state index in [4.69, 9.17) is 4.74 Å². The van der Waals surface area contributed by atoms with Gasteiger partial charge in [-0.1, -0.05) is 31.0 Å². The lowest BCUT2D eigenvalue weighted by atomic mass is 9.75. The van der Waals surface area contributed by atoms with Crippen LogP contribution >= 0.6 is 0 Å². The molecule has 0 atom stereocenters. The Morgan fingerprint density at radius 1 is 1.28 bits per heavy atom. The van der Waals surface area contributed by atoms with Crippen molar-refractivity contribution in [3.63, 3.8) is 0 Å². The molecule has 1 saturated carbocycles. The molecule has 1 aliphatic heterocycles. The van der Waals surface area contributed by atoms with E-state index < -0.39 is 11.4 Å². The van der Waals surface area contributed by atoms with Gasteiger partial charge in [0, 0.05) is 0 Å². The molecule has 0 radical (unpaired) electrons. The van der Waals surface area contributed by atoms with Crippen molar-refractivity contribution >= 4 is 5.97 Å². The van der Waals surface area contributed by atoms with Crippen LogP contribution in [0, 0.1) is 0 Å². The number of carboxylic acids is 1. The van der Waals surface area contributed by atoms with Gasteiger partial charge in [-0.15, -0.1) is 0 Å². The second-order valence-corrected chi connectivity index (χ2v) is 5.34. The van der Waals surface area contributed by atoms with E-state index in [0.29, 0.717) is 6.61 Å². The lowest BCUT2D eigenvalue weighted by Crippen LogP contribution is -2.34. The predicted molar refractivity (Wildman–Crippen MR) is 67.6 cm³/mol. The highest BCUT2D eigenvalue weighted by Gasteiger charge is 2.44. The molecule has 96 valence electrons. The topological polar surface area (TPSA) is 46.5 Å². The number of fused-ring (bicyclic) bond motifs is 1. The Balaban J connectivity index is 2.13. The second-order valence-electron chi connectivity index (χ2n) is 5.34. The molecule has 1 aromatic carbocycles. The molecular weight excluding hydrogens is 228 g/mol. The molecule has 3 heteroatoms. The van der Waals surface area contributed by atoms with Crippen LogP contribution in [0.5, 0.6) is 0 Å². The summed E-state index contributed by atoms with van der Waals surface area (Å²) in [6.07, 6.45) is 4.45. The maximum absolute atomic E-state index is 11.8. The van der Waals surface area contributed by atoms with Crippen molar-refractivity contribution in [1.29, 1.82) is 0 Å². The van der Waals surface area contributed by atoms with E-state index in [1.807, 2.05) is 12.1 Å². The van der Waals surface area contributed by atoms with Crippen LogP contribution in [0.4, 0.5) is 0 Å². The summed E-state index contributed by atoms with van der Waals surface area (Å²) < 4.78 is 5.53. The summed E-state index contributed by atoms with van der Waals surface area (Å²) in [6, 6.07) is 6.10. The van der Waals surface area contributed by atoms with Gasteiger partial charge >= 0.3 is 5.97 Å². The molecule has 18 heavy (non-hydrogen) atoms. The van der Waals surface area contributed by atoms with Crippen LogP contribution in [0.2, 0.25) is 0 Å². The van der Waals surface area contributed by atoms with Crippen LogP contribution in [0.15, 0.2) is 18.2 Å². The van der Waals surface area contributed by atoms with Crippen molar-refractivity contribution in [1.82, 2.24) is 0 Å². The predicted octanol–water partition coefficient (Wildman–Crippen LogP) is 2.66. The molecule has 0 spiro atoms. The monoisotopic (exact) mass is 246 g/mol. The van der Waals surface area contributed by atoms with Gasteiger partial charge in [0.15, 0.2) is 0 Å². The second kappa shape index (κ2) is 4.39. The normalized spacial score (nSPS) is 21.6. The zero-order chi connectivity index (χ0) is 12.6. The fourth-order valence-corrected chi connectivity index (χ4v) is 3.42. The van der Waals surface area contributed by atoms with Gasteiger partial charge in [-0.3, -0.25) is 4.79 Å². The van der Waals surface area contributed by atoms with E-state index in [1.54, 1.807) is 0 Å². The SMILES string of the molecule is O=C(O)C1(c2cccc3c2COCC3)CCCC1. The molecule has 0 unspecified atom stereocenters. The number of ether oxygens (including phenoxy) is 1. The number of hydrogen-bond donors (Lipinski definition) is 1. The van der Waals surface area contributed by atoms with Gasteiger partial charge in [0.2, 0.25) is 0 Å². The van der Waals surface area contributed by atoms with Crippen molar-refractivity contribution in [2.45, 2.75) is 44.1 Å². The maximum Gasteiger partial charge on any atom is 0.314 e. The summed E-state index contributed by atoms with van der Waals surface area (Å²) in [5, 5.41) is 9.68. The minimum absolute atomic E-state index is 0.570. The Morgan fingerprint density at radius 3 is 2.78 bits per heavy atom. The summed E-state index contributed by atoms with van der Waals surface area (Å²) in [5.41, 5.74) is 2.75. The first-order valence-electron chi connectivity index (χ1n) is 6.66. The molecule has 1 aliphatic carbocycles. The molecular formula is C15H18O3. The molecule has 0 amide bonds. The molecule has 0 bridgehead atoms. The summed E-state index contributed by atoms with van der Waals surface area (Å²) in [5.74, 6) is -0.668. The third kappa shape index (κ3) is 1.65. The highest BCUT2D eigenvalue weighted by Crippen LogP contribution is 2.44. The van der Waals surface area contributed by atoms with E-state index in [2.05, 4.69) is 6.07 Å². The zero-order valence-electron chi connectivity index (χ0n) is 10.4. The molecule has 1 aromatic rings. The Hall–Kier alpha value is -1.35. The zero-order valence-corrected chi connectivity index (χ0v) is 10.4. The molecule has 1 fully saturated rings. The third-order valence-electron chi connectivity index (χ3n) is 4.42. The highest BCUT2D eigenvalue weighted by atomic mass is 16.5. The molecule has 2 aliphatic rings. The van der Waals surface area contributed by atoms with Crippen molar-refractivity contribution < 1.29 is 14.6 Å². The van der Waals surface area contributed by atoms with Gasteiger partial charge in [-0.2, -0.15) is 0 Å². The van der Waals surface area contributed by atoms with Crippen molar-refractivity contribution in [2.24, 2.45) is 0 Å².